The second kappa shape index (κ2) is 8.31. The van der Waals surface area contributed by atoms with Crippen molar-refractivity contribution in [3.8, 4) is 6.07 Å². The zero-order chi connectivity index (χ0) is 10.8. The topological polar surface area (TPSA) is 52.9 Å². The van der Waals surface area contributed by atoms with Crippen LogP contribution in [0.1, 0.15) is 39.0 Å². The van der Waals surface area contributed by atoms with Crippen molar-refractivity contribution in [3.05, 3.63) is 12.7 Å². The molecule has 1 atom stereocenters. The molecule has 0 aromatic rings. The smallest absolute Gasteiger partial charge is 0.234 e. The Morgan fingerprint density at radius 2 is 2.43 bits per heavy atom. The number of carbonyl (C=O) groups excluding carboxylic acids is 1. The van der Waals surface area contributed by atoms with Crippen molar-refractivity contribution in [1.82, 2.24) is 5.32 Å². The first-order valence-corrected chi connectivity index (χ1v) is 5.01. The van der Waals surface area contributed by atoms with E-state index in [2.05, 4.69) is 18.8 Å². The molecule has 0 saturated heterocycles. The Morgan fingerprint density at radius 1 is 1.71 bits per heavy atom. The van der Waals surface area contributed by atoms with Gasteiger partial charge in [0.25, 0.3) is 0 Å². The van der Waals surface area contributed by atoms with E-state index in [-0.39, 0.29) is 18.4 Å². The number of amides is 1. The summed E-state index contributed by atoms with van der Waals surface area (Å²) in [6.45, 7) is 5.76. The molecule has 78 valence electrons. The van der Waals surface area contributed by atoms with Crippen LogP contribution in [0.5, 0.6) is 0 Å². The van der Waals surface area contributed by atoms with Crippen molar-refractivity contribution in [2.75, 3.05) is 0 Å². The van der Waals surface area contributed by atoms with E-state index < -0.39 is 0 Å². The van der Waals surface area contributed by atoms with Crippen molar-refractivity contribution < 1.29 is 4.79 Å². The second-order valence-corrected chi connectivity index (χ2v) is 3.27. The highest BCUT2D eigenvalue weighted by Crippen LogP contribution is 2.05. The summed E-state index contributed by atoms with van der Waals surface area (Å²) >= 11 is 0. The molecule has 1 N–H and O–H groups in total. The zero-order valence-electron chi connectivity index (χ0n) is 8.75. The van der Waals surface area contributed by atoms with E-state index in [0.29, 0.717) is 0 Å². The van der Waals surface area contributed by atoms with Gasteiger partial charge in [-0.15, -0.1) is 6.58 Å². The van der Waals surface area contributed by atoms with Gasteiger partial charge in [-0.05, 0) is 12.8 Å². The van der Waals surface area contributed by atoms with Crippen LogP contribution in [-0.4, -0.2) is 11.9 Å². The molecule has 0 heterocycles. The summed E-state index contributed by atoms with van der Waals surface area (Å²) in [4.78, 5) is 11.1. The van der Waals surface area contributed by atoms with Gasteiger partial charge in [0.1, 0.15) is 6.42 Å². The minimum atomic E-state index is -0.185. The van der Waals surface area contributed by atoms with Crippen LogP contribution < -0.4 is 5.32 Å². The van der Waals surface area contributed by atoms with Crippen LogP contribution in [0.2, 0.25) is 0 Å². The van der Waals surface area contributed by atoms with E-state index in [4.69, 9.17) is 5.26 Å². The molecule has 1 unspecified atom stereocenters. The number of nitriles is 1. The number of hydrogen-bond donors (Lipinski definition) is 1. The summed E-state index contributed by atoms with van der Waals surface area (Å²) < 4.78 is 0. The van der Waals surface area contributed by atoms with Crippen LogP contribution in [0.25, 0.3) is 0 Å². The molecule has 14 heavy (non-hydrogen) atoms. The van der Waals surface area contributed by atoms with E-state index in [9.17, 15) is 4.79 Å². The van der Waals surface area contributed by atoms with Crippen molar-refractivity contribution in [2.24, 2.45) is 0 Å². The SMILES string of the molecule is C=CCC(CCCC)NC(=O)CC#N. The number of carbonyl (C=O) groups is 1. The molecule has 0 aliphatic rings. The van der Waals surface area contributed by atoms with Gasteiger partial charge >= 0.3 is 0 Å². The summed E-state index contributed by atoms with van der Waals surface area (Å²) in [6.07, 6.45) is 5.68. The lowest BCUT2D eigenvalue weighted by molar-refractivity contribution is -0.120. The van der Waals surface area contributed by atoms with Crippen LogP contribution in [0, 0.1) is 11.3 Å². The third-order valence-corrected chi connectivity index (χ3v) is 1.96. The van der Waals surface area contributed by atoms with E-state index in [0.717, 1.165) is 25.7 Å². The van der Waals surface area contributed by atoms with E-state index >= 15 is 0 Å². The Morgan fingerprint density at radius 3 is 2.93 bits per heavy atom. The number of rotatable bonds is 7. The number of nitrogens with one attached hydrogen (secondary N) is 1. The van der Waals surface area contributed by atoms with Gasteiger partial charge < -0.3 is 5.32 Å². The maximum atomic E-state index is 11.1. The summed E-state index contributed by atoms with van der Waals surface area (Å²) in [5.74, 6) is -0.185. The fourth-order valence-corrected chi connectivity index (χ4v) is 1.25. The molecule has 3 heteroatoms. The Labute approximate surface area is 85.8 Å². The summed E-state index contributed by atoms with van der Waals surface area (Å²) in [5.41, 5.74) is 0. The van der Waals surface area contributed by atoms with E-state index in [1.54, 1.807) is 6.08 Å². The van der Waals surface area contributed by atoms with Crippen molar-refractivity contribution in [2.45, 2.75) is 45.1 Å². The fraction of sp³-hybridized carbons (Fsp3) is 0.636. The second-order valence-electron chi connectivity index (χ2n) is 3.27. The van der Waals surface area contributed by atoms with E-state index in [1.807, 2.05) is 6.07 Å². The van der Waals surface area contributed by atoms with Gasteiger partial charge in [-0.3, -0.25) is 4.79 Å². The lowest BCUT2D eigenvalue weighted by Gasteiger charge is -2.15. The van der Waals surface area contributed by atoms with Gasteiger partial charge in [-0.25, -0.2) is 0 Å². The third kappa shape index (κ3) is 6.24. The lowest BCUT2D eigenvalue weighted by Crippen LogP contribution is -2.34. The minimum absolute atomic E-state index is 0.0558. The average molecular weight is 194 g/mol. The molecule has 0 aromatic carbocycles. The molecule has 0 radical (unpaired) electrons. The third-order valence-electron chi connectivity index (χ3n) is 1.96. The number of unbranched alkanes of at least 4 members (excludes halogenated alkanes) is 1. The first-order chi connectivity index (χ1) is 6.74. The Balaban J connectivity index is 3.88. The van der Waals surface area contributed by atoms with Crippen LogP contribution in [0.3, 0.4) is 0 Å². The largest absolute Gasteiger partial charge is 0.352 e. The molecule has 0 aliphatic heterocycles. The van der Waals surface area contributed by atoms with Gasteiger partial charge in [0.2, 0.25) is 5.91 Å². The standard InChI is InChI=1S/C11H18N2O/c1-3-5-7-10(6-4-2)13-11(14)8-9-12/h4,10H,2-3,5-8H2,1H3,(H,13,14). The summed E-state index contributed by atoms with van der Waals surface area (Å²) in [6, 6.07) is 1.98. The molecule has 0 bridgehead atoms. The maximum Gasteiger partial charge on any atom is 0.234 e. The van der Waals surface area contributed by atoms with Gasteiger partial charge in [0.15, 0.2) is 0 Å². The van der Waals surface area contributed by atoms with Crippen LogP contribution in [0.4, 0.5) is 0 Å². The van der Waals surface area contributed by atoms with Crippen LogP contribution in [-0.2, 0) is 4.79 Å². The summed E-state index contributed by atoms with van der Waals surface area (Å²) in [5, 5.41) is 11.1. The normalized spacial score (nSPS) is 11.4. The Bertz CT molecular complexity index is 218. The van der Waals surface area contributed by atoms with Crippen molar-refractivity contribution >= 4 is 5.91 Å². The Hall–Kier alpha value is -1.30. The molecular weight excluding hydrogens is 176 g/mol. The molecule has 3 nitrogen and oxygen atoms in total. The molecule has 0 aliphatic carbocycles. The molecule has 1 amide bonds. The van der Waals surface area contributed by atoms with Crippen molar-refractivity contribution in [3.63, 3.8) is 0 Å². The lowest BCUT2D eigenvalue weighted by atomic mass is 10.1. The fourth-order valence-electron chi connectivity index (χ4n) is 1.25. The maximum absolute atomic E-state index is 11.1. The molecular formula is C11H18N2O. The highest BCUT2D eigenvalue weighted by molar-refractivity contribution is 5.78. The summed E-state index contributed by atoms with van der Waals surface area (Å²) in [7, 11) is 0. The minimum Gasteiger partial charge on any atom is -0.352 e. The van der Waals surface area contributed by atoms with Gasteiger partial charge in [0.05, 0.1) is 6.07 Å². The van der Waals surface area contributed by atoms with E-state index in [1.165, 1.54) is 0 Å². The highest BCUT2D eigenvalue weighted by atomic mass is 16.1. The highest BCUT2D eigenvalue weighted by Gasteiger charge is 2.09. The number of nitrogens with zero attached hydrogens (tertiary/aromatic N) is 1. The van der Waals surface area contributed by atoms with Gasteiger partial charge in [-0.2, -0.15) is 5.26 Å². The zero-order valence-corrected chi connectivity index (χ0v) is 8.75. The van der Waals surface area contributed by atoms with Crippen molar-refractivity contribution in [1.29, 1.82) is 5.26 Å². The van der Waals surface area contributed by atoms with Crippen LogP contribution in [0.15, 0.2) is 12.7 Å². The molecule has 0 spiro atoms. The van der Waals surface area contributed by atoms with Crippen LogP contribution >= 0.6 is 0 Å². The first kappa shape index (κ1) is 12.7. The molecule has 0 saturated carbocycles. The predicted octanol–water partition coefficient (Wildman–Crippen LogP) is 2.15. The van der Waals surface area contributed by atoms with Gasteiger partial charge in [-0.1, -0.05) is 25.8 Å². The first-order valence-electron chi connectivity index (χ1n) is 5.01. The molecule has 0 fully saturated rings. The molecule has 0 aromatic heterocycles. The molecule has 0 rings (SSSR count). The monoisotopic (exact) mass is 194 g/mol. The average Bonchev–Trinajstić information content (AvgIpc) is 2.15. The number of hydrogen-bond acceptors (Lipinski definition) is 2. The quantitative estimate of drug-likeness (QED) is 0.631. The predicted molar refractivity (Wildman–Crippen MR) is 56.5 cm³/mol. The van der Waals surface area contributed by atoms with Gasteiger partial charge in [0, 0.05) is 6.04 Å². The Kier molecular flexibility index (Phi) is 7.53.